The Labute approximate surface area is 157 Å². The van der Waals surface area contributed by atoms with Gasteiger partial charge >= 0.3 is 6.61 Å². The number of ether oxygens (including phenoxy) is 1. The molecule has 1 saturated carbocycles. The van der Waals surface area contributed by atoms with Crippen molar-refractivity contribution in [3.8, 4) is 11.4 Å². The fourth-order valence-corrected chi connectivity index (χ4v) is 2.79. The number of nitrogens with zero attached hydrogens (tertiary/aromatic N) is 4. The van der Waals surface area contributed by atoms with Crippen molar-refractivity contribution in [2.24, 2.45) is 5.92 Å². The summed E-state index contributed by atoms with van der Waals surface area (Å²) >= 11 is 5.95. The molecule has 0 bridgehead atoms. The van der Waals surface area contributed by atoms with Crippen molar-refractivity contribution in [2.75, 3.05) is 11.9 Å². The zero-order valence-corrected chi connectivity index (χ0v) is 14.7. The molecule has 1 aliphatic carbocycles. The zero-order valence-electron chi connectivity index (χ0n) is 13.9. The van der Waals surface area contributed by atoms with Crippen LogP contribution in [-0.2, 0) is 0 Å². The highest BCUT2D eigenvalue weighted by Crippen LogP contribution is 2.28. The fraction of sp³-hybridized carbons (Fsp3) is 0.294. The molecule has 0 unspecified atom stereocenters. The minimum Gasteiger partial charge on any atom is -0.435 e. The molecular weight excluding hydrogens is 380 g/mol. The van der Waals surface area contributed by atoms with Crippen molar-refractivity contribution in [3.63, 3.8) is 0 Å². The first-order chi connectivity index (χ1) is 13.0. The van der Waals surface area contributed by atoms with Gasteiger partial charge in [-0.1, -0.05) is 11.6 Å². The molecule has 2 heterocycles. The van der Waals surface area contributed by atoms with Gasteiger partial charge in [-0.3, -0.25) is 9.36 Å². The first-order valence-corrected chi connectivity index (χ1v) is 8.63. The second-order valence-corrected chi connectivity index (χ2v) is 6.50. The number of hydrogen-bond donors (Lipinski definition) is 1. The Balaban J connectivity index is 1.77. The van der Waals surface area contributed by atoms with E-state index in [1.807, 2.05) is 0 Å². The number of aromatic nitrogens is 4. The molecule has 1 N–H and O–H groups in total. The molecule has 0 amide bonds. The third-order valence-corrected chi connectivity index (χ3v) is 4.37. The quantitative estimate of drug-likeness (QED) is 0.692. The minimum atomic E-state index is -2.93. The summed E-state index contributed by atoms with van der Waals surface area (Å²) in [5.74, 6) is 0.981. The SMILES string of the molecule is O=c1c(Cl)nc2cnc(NCC3CC3)nc2n1-c1ccc(OC(F)F)cc1. The van der Waals surface area contributed by atoms with E-state index in [9.17, 15) is 13.6 Å². The molecule has 1 aromatic carbocycles. The monoisotopic (exact) mass is 393 g/mol. The molecule has 0 radical (unpaired) electrons. The summed E-state index contributed by atoms with van der Waals surface area (Å²) in [5, 5.41) is 2.90. The average Bonchev–Trinajstić information content (AvgIpc) is 3.46. The number of rotatable bonds is 6. The molecule has 2 aromatic heterocycles. The van der Waals surface area contributed by atoms with Crippen molar-refractivity contribution in [2.45, 2.75) is 19.5 Å². The maximum atomic E-state index is 12.6. The topological polar surface area (TPSA) is 81.9 Å². The summed E-state index contributed by atoms with van der Waals surface area (Å²) in [4.78, 5) is 25.2. The first kappa shape index (κ1) is 17.6. The molecule has 27 heavy (non-hydrogen) atoms. The van der Waals surface area contributed by atoms with E-state index in [4.69, 9.17) is 11.6 Å². The zero-order chi connectivity index (χ0) is 19.0. The van der Waals surface area contributed by atoms with Crippen molar-refractivity contribution in [3.05, 3.63) is 46.0 Å². The van der Waals surface area contributed by atoms with E-state index < -0.39 is 12.2 Å². The molecule has 4 rings (SSSR count). The Morgan fingerprint density at radius 2 is 2.00 bits per heavy atom. The van der Waals surface area contributed by atoms with Crippen LogP contribution in [0.3, 0.4) is 0 Å². The number of fused-ring (bicyclic) bond motifs is 1. The van der Waals surface area contributed by atoms with Gasteiger partial charge < -0.3 is 10.1 Å². The van der Waals surface area contributed by atoms with E-state index in [1.54, 1.807) is 0 Å². The molecular formula is C17H14ClF2N5O2. The standard InChI is InChI=1S/C17H14ClF2N5O2/c18-13-15(26)25(10-3-5-11(6-4-10)27-16(19)20)14-12(23-13)8-22-17(24-14)21-7-9-1-2-9/h3-6,8-9,16H,1-2,7H2,(H,21,22,24). The van der Waals surface area contributed by atoms with Crippen LogP contribution in [0, 0.1) is 5.92 Å². The molecule has 1 fully saturated rings. The summed E-state index contributed by atoms with van der Waals surface area (Å²) in [6.07, 6.45) is 3.83. The number of hydrogen-bond acceptors (Lipinski definition) is 6. The summed E-state index contributed by atoms with van der Waals surface area (Å²) in [7, 11) is 0. The molecule has 10 heteroatoms. The lowest BCUT2D eigenvalue weighted by Gasteiger charge is -2.12. The van der Waals surface area contributed by atoms with Gasteiger partial charge in [-0.2, -0.15) is 13.8 Å². The third kappa shape index (κ3) is 3.82. The van der Waals surface area contributed by atoms with Crippen LogP contribution < -0.4 is 15.6 Å². The van der Waals surface area contributed by atoms with Crippen LogP contribution in [-0.4, -0.2) is 32.7 Å². The van der Waals surface area contributed by atoms with E-state index in [0.717, 1.165) is 6.54 Å². The van der Waals surface area contributed by atoms with Crippen LogP contribution in [0.4, 0.5) is 14.7 Å². The van der Waals surface area contributed by atoms with Crippen LogP contribution in [0.5, 0.6) is 5.75 Å². The first-order valence-electron chi connectivity index (χ1n) is 8.25. The normalized spacial score (nSPS) is 13.9. The second-order valence-electron chi connectivity index (χ2n) is 6.14. The lowest BCUT2D eigenvalue weighted by Crippen LogP contribution is -2.22. The van der Waals surface area contributed by atoms with Crippen molar-refractivity contribution in [1.82, 2.24) is 19.5 Å². The lowest BCUT2D eigenvalue weighted by molar-refractivity contribution is -0.0498. The third-order valence-electron chi connectivity index (χ3n) is 4.13. The van der Waals surface area contributed by atoms with Gasteiger partial charge in [0.05, 0.1) is 11.9 Å². The van der Waals surface area contributed by atoms with Crippen LogP contribution >= 0.6 is 11.6 Å². The molecule has 0 spiro atoms. The highest BCUT2D eigenvalue weighted by Gasteiger charge is 2.21. The molecule has 0 aliphatic heterocycles. The molecule has 140 valence electrons. The fourth-order valence-electron chi connectivity index (χ4n) is 2.61. The highest BCUT2D eigenvalue weighted by atomic mass is 35.5. The summed E-state index contributed by atoms with van der Waals surface area (Å²) in [6.45, 7) is -2.17. The smallest absolute Gasteiger partial charge is 0.387 e. The second kappa shape index (κ2) is 7.07. The Hall–Kier alpha value is -2.81. The van der Waals surface area contributed by atoms with E-state index >= 15 is 0 Å². The predicted octanol–water partition coefficient (Wildman–Crippen LogP) is 3.25. The number of anilines is 1. The van der Waals surface area contributed by atoms with Gasteiger partial charge in [-0.25, -0.2) is 9.97 Å². The maximum Gasteiger partial charge on any atom is 0.387 e. The molecule has 0 saturated heterocycles. The molecule has 3 aromatic rings. The summed E-state index contributed by atoms with van der Waals surface area (Å²) < 4.78 is 30.2. The Bertz CT molecular complexity index is 1040. The highest BCUT2D eigenvalue weighted by molar-refractivity contribution is 6.29. The largest absolute Gasteiger partial charge is 0.435 e. The Morgan fingerprint density at radius 1 is 1.26 bits per heavy atom. The van der Waals surface area contributed by atoms with Crippen molar-refractivity contribution < 1.29 is 13.5 Å². The van der Waals surface area contributed by atoms with Crippen LogP contribution in [0.25, 0.3) is 16.9 Å². The average molecular weight is 394 g/mol. The van der Waals surface area contributed by atoms with Gasteiger partial charge in [0.2, 0.25) is 5.95 Å². The minimum absolute atomic E-state index is 0.0207. The Morgan fingerprint density at radius 3 is 2.67 bits per heavy atom. The molecule has 1 aliphatic rings. The Kier molecular flexibility index (Phi) is 4.61. The van der Waals surface area contributed by atoms with Crippen LogP contribution in [0.15, 0.2) is 35.3 Å². The number of benzene rings is 1. The number of halogens is 3. The van der Waals surface area contributed by atoms with Gasteiger partial charge in [0.1, 0.15) is 11.3 Å². The van der Waals surface area contributed by atoms with Crippen molar-refractivity contribution in [1.29, 1.82) is 0 Å². The molecule has 0 atom stereocenters. The van der Waals surface area contributed by atoms with Gasteiger partial charge in [0.15, 0.2) is 10.8 Å². The van der Waals surface area contributed by atoms with Crippen LogP contribution in [0.1, 0.15) is 12.8 Å². The number of nitrogens with one attached hydrogen (secondary N) is 1. The van der Waals surface area contributed by atoms with Gasteiger partial charge in [-0.15, -0.1) is 0 Å². The predicted molar refractivity (Wildman–Crippen MR) is 95.8 cm³/mol. The summed E-state index contributed by atoms with van der Waals surface area (Å²) in [5.41, 5.74) is 0.422. The van der Waals surface area contributed by atoms with Crippen LogP contribution in [0.2, 0.25) is 5.15 Å². The lowest BCUT2D eigenvalue weighted by atomic mass is 10.3. The van der Waals surface area contributed by atoms with Gasteiger partial charge in [-0.05, 0) is 43.0 Å². The van der Waals surface area contributed by atoms with E-state index in [2.05, 4.69) is 25.0 Å². The van der Waals surface area contributed by atoms with E-state index in [-0.39, 0.29) is 16.5 Å². The van der Waals surface area contributed by atoms with Crippen molar-refractivity contribution >= 4 is 28.7 Å². The van der Waals surface area contributed by atoms with E-state index in [0.29, 0.717) is 23.1 Å². The van der Waals surface area contributed by atoms with Gasteiger partial charge in [0, 0.05) is 6.54 Å². The molecule has 7 nitrogen and oxygen atoms in total. The number of alkyl halides is 2. The van der Waals surface area contributed by atoms with Gasteiger partial charge in [0.25, 0.3) is 5.56 Å². The van der Waals surface area contributed by atoms with E-state index in [1.165, 1.54) is 47.9 Å². The summed E-state index contributed by atoms with van der Waals surface area (Å²) in [6, 6.07) is 5.60. The maximum absolute atomic E-state index is 12.6.